The lowest BCUT2D eigenvalue weighted by Gasteiger charge is -2.33. The van der Waals surface area contributed by atoms with Gasteiger partial charge in [0, 0.05) is 77.5 Å². The molecule has 0 unspecified atom stereocenters. The minimum absolute atomic E-state index is 0.0449. The third kappa shape index (κ3) is 45.6. The van der Waals surface area contributed by atoms with Crippen LogP contribution in [0.3, 0.4) is 0 Å². The van der Waals surface area contributed by atoms with Gasteiger partial charge in [0.1, 0.15) is 26.4 Å². The Morgan fingerprint density at radius 1 is 0.247 bits per heavy atom. The number of carbonyl (C=O) groups excluding carboxylic acids is 8. The van der Waals surface area contributed by atoms with Gasteiger partial charge in [0.15, 0.2) is 0 Å². The van der Waals surface area contributed by atoms with Crippen molar-refractivity contribution in [3.8, 4) is 0 Å². The van der Waals surface area contributed by atoms with Gasteiger partial charge in [-0.25, -0.2) is 0 Å². The maximum absolute atomic E-state index is 13.0. The SMILES string of the molecule is O=C(CCOCC(COCCC(=O)NCCCCCCCC(=O)OCc1ccccc1)(COCCC(=O)NCCCCCCCC(=O)OCc1ccccc1)COCCC(=O)NCCCCCCCC(=O)OCc1ccccc1)NCCCCCCCC(=O)OCc1ccccc1. The number of amides is 4. The number of benzene rings is 4. The molecule has 20 nitrogen and oxygen atoms in total. The lowest BCUT2D eigenvalue weighted by Crippen LogP contribution is -2.43. The molecule has 0 heterocycles. The summed E-state index contributed by atoms with van der Waals surface area (Å²) in [5, 5.41) is 11.9. The number of rotatable bonds is 60. The highest BCUT2D eigenvalue weighted by molar-refractivity contribution is 5.77. The molecule has 0 bridgehead atoms. The van der Waals surface area contributed by atoms with E-state index in [0.29, 0.717) is 51.9 Å². The molecule has 4 amide bonds. The highest BCUT2D eigenvalue weighted by Gasteiger charge is 2.33. The van der Waals surface area contributed by atoms with Crippen LogP contribution < -0.4 is 21.3 Å². The first kappa shape index (κ1) is 81.9. The van der Waals surface area contributed by atoms with Crippen molar-refractivity contribution in [2.75, 3.05) is 79.0 Å². The van der Waals surface area contributed by atoms with Gasteiger partial charge in [-0.2, -0.15) is 0 Å². The van der Waals surface area contributed by atoms with Crippen LogP contribution in [0.1, 0.15) is 202 Å². The van der Waals surface area contributed by atoms with Crippen molar-refractivity contribution in [3.05, 3.63) is 144 Å². The van der Waals surface area contributed by atoms with Gasteiger partial charge in [-0.15, -0.1) is 0 Å². The lowest BCUT2D eigenvalue weighted by atomic mass is 9.92. The van der Waals surface area contributed by atoms with Crippen LogP contribution >= 0.6 is 0 Å². The average molecular weight is 1350 g/mol. The molecule has 4 aromatic carbocycles. The Morgan fingerprint density at radius 2 is 0.443 bits per heavy atom. The molecule has 0 aliphatic carbocycles. The van der Waals surface area contributed by atoms with Gasteiger partial charge in [-0.1, -0.05) is 198 Å². The highest BCUT2D eigenvalue weighted by Crippen LogP contribution is 2.22. The first-order chi connectivity index (χ1) is 47.5. The summed E-state index contributed by atoms with van der Waals surface area (Å²) >= 11 is 0. The zero-order valence-corrected chi connectivity index (χ0v) is 57.7. The molecule has 97 heavy (non-hydrogen) atoms. The molecule has 0 aliphatic heterocycles. The molecular weight excluding hydrogens is 1240 g/mol. The predicted molar refractivity (Wildman–Crippen MR) is 372 cm³/mol. The second kappa shape index (κ2) is 55.5. The van der Waals surface area contributed by atoms with Crippen LogP contribution in [0.25, 0.3) is 0 Å². The molecule has 4 aromatic rings. The van der Waals surface area contributed by atoms with Crippen LogP contribution in [0.15, 0.2) is 121 Å². The van der Waals surface area contributed by atoms with E-state index in [-0.39, 0.29) is 152 Å². The summed E-state index contributed by atoms with van der Waals surface area (Å²) in [5.41, 5.74) is 2.85. The van der Waals surface area contributed by atoms with Crippen LogP contribution in [-0.2, 0) is 103 Å². The summed E-state index contributed by atoms with van der Waals surface area (Å²) in [5.74, 6) is -1.49. The zero-order chi connectivity index (χ0) is 69.2. The number of esters is 4. The van der Waals surface area contributed by atoms with E-state index in [1.165, 1.54) is 0 Å². The molecular formula is C77H112N4O16. The van der Waals surface area contributed by atoms with Crippen LogP contribution in [0, 0.1) is 5.41 Å². The first-order valence-corrected chi connectivity index (χ1v) is 35.6. The second-order valence-corrected chi connectivity index (χ2v) is 24.8. The monoisotopic (exact) mass is 1350 g/mol. The summed E-state index contributed by atoms with van der Waals surface area (Å²) in [6.45, 7) is 3.64. The summed E-state index contributed by atoms with van der Waals surface area (Å²) in [7, 11) is 0. The molecule has 0 fully saturated rings. The molecule has 20 heteroatoms. The molecule has 0 aliphatic rings. The number of carbonyl (C=O) groups is 8. The van der Waals surface area contributed by atoms with Crippen molar-refractivity contribution in [1.29, 1.82) is 0 Å². The van der Waals surface area contributed by atoms with Crippen molar-refractivity contribution in [2.24, 2.45) is 5.41 Å². The van der Waals surface area contributed by atoms with Crippen LogP contribution in [-0.4, -0.2) is 127 Å². The smallest absolute Gasteiger partial charge is 0.306 e. The van der Waals surface area contributed by atoms with E-state index < -0.39 is 5.41 Å². The van der Waals surface area contributed by atoms with Gasteiger partial charge in [0.25, 0.3) is 0 Å². The molecule has 0 saturated carbocycles. The van der Waals surface area contributed by atoms with E-state index in [4.69, 9.17) is 37.9 Å². The lowest BCUT2D eigenvalue weighted by molar-refractivity contribution is -0.146. The fourth-order valence-electron chi connectivity index (χ4n) is 10.3. The third-order valence-corrected chi connectivity index (χ3v) is 16.0. The Balaban J connectivity index is 1.22. The Bertz CT molecular complexity index is 2350. The highest BCUT2D eigenvalue weighted by atomic mass is 16.5. The Labute approximate surface area is 576 Å². The maximum atomic E-state index is 13.0. The second-order valence-electron chi connectivity index (χ2n) is 24.8. The Kier molecular flexibility index (Phi) is 46.8. The van der Waals surface area contributed by atoms with Crippen molar-refractivity contribution in [3.63, 3.8) is 0 Å². The minimum atomic E-state index is -0.964. The topological polar surface area (TPSA) is 259 Å². The van der Waals surface area contributed by atoms with Crippen molar-refractivity contribution < 1.29 is 76.3 Å². The van der Waals surface area contributed by atoms with Crippen LogP contribution in [0.4, 0.5) is 0 Å². The van der Waals surface area contributed by atoms with Gasteiger partial charge >= 0.3 is 23.9 Å². The van der Waals surface area contributed by atoms with Crippen LogP contribution in [0.5, 0.6) is 0 Å². The molecule has 0 atom stereocenters. The molecule has 4 rings (SSSR count). The largest absolute Gasteiger partial charge is 0.461 e. The Morgan fingerprint density at radius 3 is 0.660 bits per heavy atom. The maximum Gasteiger partial charge on any atom is 0.306 e. The van der Waals surface area contributed by atoms with E-state index in [9.17, 15) is 38.4 Å². The number of hydrogen-bond donors (Lipinski definition) is 4. The molecule has 4 N–H and O–H groups in total. The van der Waals surface area contributed by atoms with Gasteiger partial charge in [0.05, 0.1) is 58.3 Å². The van der Waals surface area contributed by atoms with Gasteiger partial charge < -0.3 is 59.2 Å². The predicted octanol–water partition coefficient (Wildman–Crippen LogP) is 12.4. The van der Waals surface area contributed by atoms with E-state index in [2.05, 4.69) is 21.3 Å². The number of unbranched alkanes of at least 4 members (excludes halogenated alkanes) is 16. The third-order valence-electron chi connectivity index (χ3n) is 16.0. The summed E-state index contributed by atoms with van der Waals surface area (Å²) < 4.78 is 46.4. The van der Waals surface area contributed by atoms with Crippen molar-refractivity contribution >= 4 is 47.5 Å². The minimum Gasteiger partial charge on any atom is -0.461 e. The average Bonchev–Trinajstić information content (AvgIpc) is 1.62. The standard InChI is InChI=1S/C77H112N4O16/c82-69(78-49-29-9-1-5-25-41-73(86)94-57-65-33-17-13-18-34-65)45-53-90-61-77(62-91-54-46-70(83)79-50-30-10-2-6-26-42-74(87)95-58-66-35-19-14-20-36-66,63-92-55-47-71(84)80-51-31-11-3-7-27-43-75(88)96-59-67-37-21-15-22-38-67)64-93-56-48-72(85)81-52-32-12-4-8-28-44-76(89)97-60-68-39-23-16-24-40-68/h13-24,33-40H,1-12,25-32,41-64H2,(H,78,82)(H,79,83)(H,80,84)(H,81,85). The van der Waals surface area contributed by atoms with E-state index in [0.717, 1.165) is 151 Å². The summed E-state index contributed by atoms with van der Waals surface area (Å²) in [6.07, 6.45) is 18.9. The van der Waals surface area contributed by atoms with Gasteiger partial charge in [-0.05, 0) is 73.6 Å². The van der Waals surface area contributed by atoms with E-state index >= 15 is 0 Å². The quantitative estimate of drug-likeness (QED) is 0.0182. The fraction of sp³-hybridized carbons (Fsp3) is 0.584. The van der Waals surface area contributed by atoms with Gasteiger partial charge in [0.2, 0.25) is 23.6 Å². The van der Waals surface area contributed by atoms with Gasteiger partial charge in [-0.3, -0.25) is 38.4 Å². The molecule has 0 radical (unpaired) electrons. The van der Waals surface area contributed by atoms with E-state index in [1.54, 1.807) is 0 Å². The van der Waals surface area contributed by atoms with Crippen molar-refractivity contribution in [2.45, 2.75) is 206 Å². The number of hydrogen-bond acceptors (Lipinski definition) is 16. The molecule has 0 spiro atoms. The fourth-order valence-corrected chi connectivity index (χ4v) is 10.3. The molecule has 0 aromatic heterocycles. The Hall–Kier alpha value is -7.52. The van der Waals surface area contributed by atoms with Crippen molar-refractivity contribution in [1.82, 2.24) is 21.3 Å². The summed E-state index contributed by atoms with van der Waals surface area (Å²) in [6, 6.07) is 38.4. The normalized spacial score (nSPS) is 11.1. The number of ether oxygens (including phenoxy) is 8. The number of nitrogens with one attached hydrogen (secondary N) is 4. The molecule has 0 saturated heterocycles. The summed E-state index contributed by atoms with van der Waals surface area (Å²) in [4.78, 5) is 101. The first-order valence-electron chi connectivity index (χ1n) is 35.6. The van der Waals surface area contributed by atoms with E-state index in [1.807, 2.05) is 121 Å². The molecule has 536 valence electrons. The van der Waals surface area contributed by atoms with Crippen LogP contribution in [0.2, 0.25) is 0 Å². The zero-order valence-electron chi connectivity index (χ0n) is 57.7.